The standard InChI is InChI=1S/C12H20N2O5/c1-18-12(4-6-19-8-12)7-13-11(17)14-5-2-3-9(14)10(15)16/h9H,2-8H2,1H3,(H,13,17)(H,15,16)/t9-,12?/m1/s1. The van der Waals surface area contributed by atoms with Crippen molar-refractivity contribution in [2.75, 3.05) is 33.4 Å². The molecule has 0 spiro atoms. The fourth-order valence-corrected chi connectivity index (χ4v) is 2.57. The molecule has 2 rings (SSSR count). The molecule has 2 saturated heterocycles. The fourth-order valence-electron chi connectivity index (χ4n) is 2.57. The molecule has 0 bridgehead atoms. The molecule has 0 aromatic rings. The molecule has 7 heteroatoms. The maximum atomic E-state index is 12.0. The van der Waals surface area contributed by atoms with Gasteiger partial charge in [0.2, 0.25) is 0 Å². The third-order valence-corrected chi connectivity index (χ3v) is 3.86. The zero-order valence-electron chi connectivity index (χ0n) is 11.1. The van der Waals surface area contributed by atoms with E-state index in [1.54, 1.807) is 7.11 Å². The van der Waals surface area contributed by atoms with Crippen molar-refractivity contribution < 1.29 is 24.2 Å². The second-order valence-electron chi connectivity index (χ2n) is 5.04. The van der Waals surface area contributed by atoms with Crippen LogP contribution in [0.3, 0.4) is 0 Å². The summed E-state index contributed by atoms with van der Waals surface area (Å²) in [7, 11) is 1.59. The average Bonchev–Trinajstić information content (AvgIpc) is 3.05. The molecule has 2 atom stereocenters. The van der Waals surface area contributed by atoms with Crippen molar-refractivity contribution in [3.05, 3.63) is 0 Å². The van der Waals surface area contributed by atoms with Crippen molar-refractivity contribution in [2.24, 2.45) is 0 Å². The number of hydrogen-bond acceptors (Lipinski definition) is 4. The van der Waals surface area contributed by atoms with Gasteiger partial charge in [-0.15, -0.1) is 0 Å². The van der Waals surface area contributed by atoms with Crippen LogP contribution in [0.5, 0.6) is 0 Å². The Morgan fingerprint density at radius 1 is 1.58 bits per heavy atom. The molecule has 0 aromatic carbocycles. The third-order valence-electron chi connectivity index (χ3n) is 3.86. The summed E-state index contributed by atoms with van der Waals surface area (Å²) >= 11 is 0. The van der Waals surface area contributed by atoms with Crippen LogP contribution in [0.15, 0.2) is 0 Å². The van der Waals surface area contributed by atoms with E-state index >= 15 is 0 Å². The van der Waals surface area contributed by atoms with Gasteiger partial charge in [0.1, 0.15) is 11.6 Å². The van der Waals surface area contributed by atoms with Gasteiger partial charge in [0, 0.05) is 26.7 Å². The predicted octanol–water partition coefficient (Wildman–Crippen LogP) is 0.0505. The van der Waals surface area contributed by atoms with Crippen molar-refractivity contribution in [1.82, 2.24) is 10.2 Å². The largest absolute Gasteiger partial charge is 0.480 e. The molecule has 2 aliphatic heterocycles. The number of ether oxygens (including phenoxy) is 2. The number of methoxy groups -OCH3 is 1. The summed E-state index contributed by atoms with van der Waals surface area (Å²) in [6, 6.07) is -1.05. The number of hydrogen-bond donors (Lipinski definition) is 2. The van der Waals surface area contributed by atoms with E-state index in [0.29, 0.717) is 32.7 Å². The SMILES string of the molecule is COC1(CNC(=O)N2CCC[C@@H]2C(=O)O)CCOC1. The molecule has 1 unspecified atom stereocenters. The van der Waals surface area contributed by atoms with Gasteiger partial charge in [-0.05, 0) is 12.8 Å². The minimum absolute atomic E-state index is 0.338. The summed E-state index contributed by atoms with van der Waals surface area (Å²) < 4.78 is 10.7. The number of carbonyl (C=O) groups excluding carboxylic acids is 1. The lowest BCUT2D eigenvalue weighted by atomic mass is 10.0. The van der Waals surface area contributed by atoms with Gasteiger partial charge in [0.05, 0.1) is 13.2 Å². The molecule has 2 aliphatic rings. The Bertz CT molecular complexity index is 354. The molecule has 0 aromatic heterocycles. The van der Waals surface area contributed by atoms with Gasteiger partial charge in [-0.25, -0.2) is 9.59 Å². The summed E-state index contributed by atoms with van der Waals surface area (Å²) in [4.78, 5) is 24.4. The first-order chi connectivity index (χ1) is 9.08. The maximum absolute atomic E-state index is 12.0. The summed E-state index contributed by atoms with van der Waals surface area (Å²) in [5, 5.41) is 11.8. The van der Waals surface area contributed by atoms with Crippen LogP contribution in [-0.4, -0.2) is 67.1 Å². The van der Waals surface area contributed by atoms with Gasteiger partial charge in [0.25, 0.3) is 0 Å². The van der Waals surface area contributed by atoms with Crippen LogP contribution in [0.25, 0.3) is 0 Å². The summed E-state index contributed by atoms with van der Waals surface area (Å²) in [5.41, 5.74) is -0.478. The highest BCUT2D eigenvalue weighted by Crippen LogP contribution is 2.22. The second kappa shape index (κ2) is 5.75. The average molecular weight is 272 g/mol. The number of carboxylic acids is 1. The zero-order chi connectivity index (χ0) is 13.9. The van der Waals surface area contributed by atoms with Crippen LogP contribution in [0.1, 0.15) is 19.3 Å². The van der Waals surface area contributed by atoms with E-state index in [9.17, 15) is 9.59 Å². The fraction of sp³-hybridized carbons (Fsp3) is 0.833. The van der Waals surface area contributed by atoms with Gasteiger partial charge >= 0.3 is 12.0 Å². The predicted molar refractivity (Wildman–Crippen MR) is 65.9 cm³/mol. The molecule has 2 heterocycles. The first-order valence-corrected chi connectivity index (χ1v) is 6.48. The smallest absolute Gasteiger partial charge is 0.326 e. The normalized spacial score (nSPS) is 30.6. The van der Waals surface area contributed by atoms with Gasteiger partial charge in [0.15, 0.2) is 0 Å². The summed E-state index contributed by atoms with van der Waals surface area (Å²) in [6.45, 7) is 1.89. The number of nitrogens with one attached hydrogen (secondary N) is 1. The van der Waals surface area contributed by atoms with Crippen LogP contribution in [-0.2, 0) is 14.3 Å². The number of urea groups is 1. The lowest BCUT2D eigenvalue weighted by Gasteiger charge is -2.28. The Morgan fingerprint density at radius 3 is 2.95 bits per heavy atom. The van der Waals surface area contributed by atoms with Crippen molar-refractivity contribution >= 4 is 12.0 Å². The number of rotatable bonds is 4. The molecule has 108 valence electrons. The molecule has 19 heavy (non-hydrogen) atoms. The number of carbonyl (C=O) groups is 2. The van der Waals surface area contributed by atoms with Crippen LogP contribution >= 0.6 is 0 Å². The van der Waals surface area contributed by atoms with E-state index in [2.05, 4.69) is 5.32 Å². The highest BCUT2D eigenvalue weighted by molar-refractivity contribution is 5.83. The molecular weight excluding hydrogens is 252 g/mol. The molecule has 0 radical (unpaired) electrons. The van der Waals surface area contributed by atoms with E-state index in [4.69, 9.17) is 14.6 Å². The monoisotopic (exact) mass is 272 g/mol. The Kier molecular flexibility index (Phi) is 4.26. The van der Waals surface area contributed by atoms with Crippen molar-refractivity contribution in [3.63, 3.8) is 0 Å². The van der Waals surface area contributed by atoms with E-state index in [1.165, 1.54) is 4.90 Å². The Hall–Kier alpha value is -1.34. The zero-order valence-corrected chi connectivity index (χ0v) is 11.1. The van der Waals surface area contributed by atoms with Crippen molar-refractivity contribution in [2.45, 2.75) is 30.9 Å². The van der Waals surface area contributed by atoms with Crippen LogP contribution in [0.4, 0.5) is 4.79 Å². The first-order valence-electron chi connectivity index (χ1n) is 6.48. The van der Waals surface area contributed by atoms with Gasteiger partial charge in [-0.3, -0.25) is 0 Å². The molecule has 2 N–H and O–H groups in total. The minimum atomic E-state index is -0.946. The molecule has 0 saturated carbocycles. The van der Waals surface area contributed by atoms with Crippen LogP contribution in [0, 0.1) is 0 Å². The highest BCUT2D eigenvalue weighted by atomic mass is 16.5. The first kappa shape index (κ1) is 14.1. The Morgan fingerprint density at radius 2 is 2.37 bits per heavy atom. The number of likely N-dealkylation sites (tertiary alicyclic amines) is 1. The lowest BCUT2D eigenvalue weighted by Crippen LogP contribution is -2.51. The van der Waals surface area contributed by atoms with E-state index < -0.39 is 17.6 Å². The second-order valence-corrected chi connectivity index (χ2v) is 5.04. The van der Waals surface area contributed by atoms with E-state index in [-0.39, 0.29) is 6.03 Å². The number of nitrogens with zero attached hydrogens (tertiary/aromatic N) is 1. The molecular formula is C12H20N2O5. The van der Waals surface area contributed by atoms with Crippen molar-refractivity contribution in [1.29, 1.82) is 0 Å². The van der Waals surface area contributed by atoms with Crippen molar-refractivity contribution in [3.8, 4) is 0 Å². The number of amides is 2. The summed E-state index contributed by atoms with van der Waals surface area (Å²) in [6.07, 6.45) is 1.97. The Labute approximate surface area is 111 Å². The van der Waals surface area contributed by atoms with E-state index in [1.807, 2.05) is 0 Å². The van der Waals surface area contributed by atoms with Gasteiger partial charge in [-0.2, -0.15) is 0 Å². The number of carboxylic acid groups (broad SMARTS) is 1. The minimum Gasteiger partial charge on any atom is -0.480 e. The highest BCUT2D eigenvalue weighted by Gasteiger charge is 2.38. The molecule has 2 fully saturated rings. The third kappa shape index (κ3) is 2.98. The molecule has 2 amide bonds. The number of aliphatic carboxylic acids is 1. The van der Waals surface area contributed by atoms with Crippen LogP contribution < -0.4 is 5.32 Å². The van der Waals surface area contributed by atoms with Gasteiger partial charge < -0.3 is 24.8 Å². The van der Waals surface area contributed by atoms with Gasteiger partial charge in [-0.1, -0.05) is 0 Å². The topological polar surface area (TPSA) is 88.1 Å². The Balaban J connectivity index is 1.88. The van der Waals surface area contributed by atoms with E-state index in [0.717, 1.165) is 12.8 Å². The van der Waals surface area contributed by atoms with Crippen LogP contribution in [0.2, 0.25) is 0 Å². The summed E-state index contributed by atoms with van der Waals surface area (Å²) in [5.74, 6) is -0.946. The molecule has 7 nitrogen and oxygen atoms in total. The lowest BCUT2D eigenvalue weighted by molar-refractivity contribution is -0.141. The molecule has 0 aliphatic carbocycles. The quantitative estimate of drug-likeness (QED) is 0.755. The maximum Gasteiger partial charge on any atom is 0.326 e.